The molecule has 1 N–H and O–H groups in total. The van der Waals surface area contributed by atoms with Crippen LogP contribution in [0.2, 0.25) is 5.02 Å². The Morgan fingerprint density at radius 3 is 2.00 bits per heavy atom. The average Bonchev–Trinajstić information content (AvgIpc) is 2.33. The molecule has 0 fully saturated rings. The summed E-state index contributed by atoms with van der Waals surface area (Å²) in [5.41, 5.74) is 6.19. The van der Waals surface area contributed by atoms with Crippen LogP contribution in [0.4, 0.5) is 0 Å². The zero-order valence-corrected chi connectivity index (χ0v) is 12.5. The summed E-state index contributed by atoms with van der Waals surface area (Å²) < 4.78 is 0. The molecule has 0 amide bonds. The minimum absolute atomic E-state index is 0.623. The van der Waals surface area contributed by atoms with Crippen molar-refractivity contribution in [3.63, 3.8) is 0 Å². The largest absolute Gasteiger partial charge is 0.384 e. The van der Waals surface area contributed by atoms with Crippen LogP contribution in [0.1, 0.15) is 39.5 Å². The lowest BCUT2D eigenvalue weighted by atomic mass is 9.92. The van der Waals surface area contributed by atoms with Gasteiger partial charge in [0.1, 0.15) is 6.10 Å². The number of aliphatic hydroxyl groups excluding tert-OH is 1. The molecule has 2 aromatic carbocycles. The van der Waals surface area contributed by atoms with Crippen molar-refractivity contribution < 1.29 is 5.11 Å². The fourth-order valence-corrected chi connectivity index (χ4v) is 2.75. The fraction of sp³-hybridized carbons (Fsp3) is 0.294. The molecule has 1 unspecified atom stereocenters. The summed E-state index contributed by atoms with van der Waals surface area (Å²) in [6.45, 7) is 8.09. The molecule has 0 saturated carbocycles. The molecule has 2 heteroatoms. The Morgan fingerprint density at radius 1 is 0.895 bits per heavy atom. The van der Waals surface area contributed by atoms with Gasteiger partial charge in [0.25, 0.3) is 0 Å². The molecule has 19 heavy (non-hydrogen) atoms. The monoisotopic (exact) mass is 274 g/mol. The molecule has 2 rings (SSSR count). The van der Waals surface area contributed by atoms with Gasteiger partial charge in [-0.3, -0.25) is 0 Å². The summed E-state index contributed by atoms with van der Waals surface area (Å²) >= 11 is 6.29. The molecular formula is C17H19ClO. The summed E-state index contributed by atoms with van der Waals surface area (Å²) in [5.74, 6) is 0. The van der Waals surface area contributed by atoms with Crippen LogP contribution in [0.25, 0.3) is 0 Å². The maximum atomic E-state index is 10.7. The molecule has 0 aromatic heterocycles. The number of rotatable bonds is 2. The first kappa shape index (κ1) is 14.1. The van der Waals surface area contributed by atoms with E-state index in [0.717, 1.165) is 33.4 Å². The van der Waals surface area contributed by atoms with Crippen LogP contribution in [0.5, 0.6) is 0 Å². The Hall–Kier alpha value is -1.31. The molecule has 0 aliphatic rings. The predicted octanol–water partition coefficient (Wildman–Crippen LogP) is 4.66. The van der Waals surface area contributed by atoms with E-state index in [1.807, 2.05) is 58.0 Å². The maximum Gasteiger partial charge on any atom is 0.106 e. The zero-order chi connectivity index (χ0) is 14.2. The molecule has 100 valence electrons. The first-order valence-corrected chi connectivity index (χ1v) is 6.80. The van der Waals surface area contributed by atoms with Gasteiger partial charge < -0.3 is 5.11 Å². The molecule has 0 radical (unpaired) electrons. The summed E-state index contributed by atoms with van der Waals surface area (Å²) in [7, 11) is 0. The number of hydrogen-bond donors (Lipinski definition) is 1. The third-order valence-electron chi connectivity index (χ3n) is 3.72. The van der Waals surface area contributed by atoms with Crippen molar-refractivity contribution in [1.82, 2.24) is 0 Å². The number of benzene rings is 2. The van der Waals surface area contributed by atoms with Crippen molar-refractivity contribution >= 4 is 11.6 Å². The summed E-state index contributed by atoms with van der Waals surface area (Å²) in [6.07, 6.45) is -0.673. The fourth-order valence-electron chi connectivity index (χ4n) is 2.43. The molecule has 0 aliphatic heterocycles. The highest BCUT2D eigenvalue weighted by Gasteiger charge is 2.18. The quantitative estimate of drug-likeness (QED) is 0.845. The Morgan fingerprint density at radius 2 is 1.42 bits per heavy atom. The minimum Gasteiger partial charge on any atom is -0.384 e. The maximum absolute atomic E-state index is 10.7. The Kier molecular flexibility index (Phi) is 3.98. The summed E-state index contributed by atoms with van der Waals surface area (Å²) in [6, 6.07) is 9.93. The van der Waals surface area contributed by atoms with Crippen LogP contribution in [-0.4, -0.2) is 5.11 Å². The van der Waals surface area contributed by atoms with Crippen LogP contribution < -0.4 is 0 Å². The summed E-state index contributed by atoms with van der Waals surface area (Å²) in [5, 5.41) is 11.3. The van der Waals surface area contributed by atoms with Gasteiger partial charge in [0, 0.05) is 10.6 Å². The lowest BCUT2D eigenvalue weighted by Crippen LogP contribution is -2.06. The highest BCUT2D eigenvalue weighted by atomic mass is 35.5. The molecule has 0 saturated heterocycles. The van der Waals surface area contributed by atoms with Gasteiger partial charge in [0.2, 0.25) is 0 Å². The molecule has 2 aromatic rings. The van der Waals surface area contributed by atoms with E-state index in [0.29, 0.717) is 5.02 Å². The van der Waals surface area contributed by atoms with Gasteiger partial charge in [-0.1, -0.05) is 35.9 Å². The molecule has 0 spiro atoms. The van der Waals surface area contributed by atoms with Crippen LogP contribution >= 0.6 is 11.6 Å². The highest BCUT2D eigenvalue weighted by molar-refractivity contribution is 6.31. The second-order valence-electron chi connectivity index (χ2n) is 5.17. The van der Waals surface area contributed by atoms with Crippen LogP contribution in [0.3, 0.4) is 0 Å². The van der Waals surface area contributed by atoms with E-state index in [-0.39, 0.29) is 0 Å². The predicted molar refractivity (Wildman–Crippen MR) is 80.9 cm³/mol. The average molecular weight is 275 g/mol. The standard InChI is InChI=1S/C17H19ClO/c1-10-6-5-7-11(2)16(10)17(19)14-8-12(3)13(4)9-15(14)18/h5-9,17,19H,1-4H3. The van der Waals surface area contributed by atoms with Crippen molar-refractivity contribution in [3.05, 3.63) is 68.7 Å². The van der Waals surface area contributed by atoms with Crippen LogP contribution in [0, 0.1) is 27.7 Å². The SMILES string of the molecule is Cc1cc(Cl)c(C(O)c2c(C)cccc2C)cc1C. The van der Waals surface area contributed by atoms with E-state index in [2.05, 4.69) is 0 Å². The van der Waals surface area contributed by atoms with Crippen molar-refractivity contribution in [2.75, 3.05) is 0 Å². The van der Waals surface area contributed by atoms with Crippen molar-refractivity contribution in [2.24, 2.45) is 0 Å². The van der Waals surface area contributed by atoms with Crippen molar-refractivity contribution in [1.29, 1.82) is 0 Å². The van der Waals surface area contributed by atoms with Gasteiger partial charge in [0.05, 0.1) is 0 Å². The van der Waals surface area contributed by atoms with Crippen molar-refractivity contribution in [2.45, 2.75) is 33.8 Å². The van der Waals surface area contributed by atoms with Crippen molar-refractivity contribution in [3.8, 4) is 0 Å². The van der Waals surface area contributed by atoms with Gasteiger partial charge >= 0.3 is 0 Å². The lowest BCUT2D eigenvalue weighted by molar-refractivity contribution is 0.219. The van der Waals surface area contributed by atoms with Gasteiger partial charge in [-0.25, -0.2) is 0 Å². The topological polar surface area (TPSA) is 20.2 Å². The molecule has 1 nitrogen and oxygen atoms in total. The summed E-state index contributed by atoms with van der Waals surface area (Å²) in [4.78, 5) is 0. The van der Waals surface area contributed by atoms with Gasteiger partial charge in [0.15, 0.2) is 0 Å². The van der Waals surface area contributed by atoms with E-state index in [1.165, 1.54) is 0 Å². The Bertz CT molecular complexity index is 597. The van der Waals surface area contributed by atoms with E-state index in [9.17, 15) is 5.11 Å². The van der Waals surface area contributed by atoms with E-state index in [4.69, 9.17) is 11.6 Å². The number of halogens is 1. The Labute approximate surface area is 119 Å². The number of aliphatic hydroxyl groups is 1. The van der Waals surface area contributed by atoms with E-state index >= 15 is 0 Å². The van der Waals surface area contributed by atoms with Gasteiger partial charge in [-0.2, -0.15) is 0 Å². The molecule has 0 aliphatic carbocycles. The third kappa shape index (κ3) is 2.68. The molecule has 0 heterocycles. The lowest BCUT2D eigenvalue weighted by Gasteiger charge is -2.19. The van der Waals surface area contributed by atoms with Crippen LogP contribution in [-0.2, 0) is 0 Å². The second kappa shape index (κ2) is 5.36. The molecular weight excluding hydrogens is 256 g/mol. The minimum atomic E-state index is -0.673. The second-order valence-corrected chi connectivity index (χ2v) is 5.57. The number of hydrogen-bond acceptors (Lipinski definition) is 1. The Balaban J connectivity index is 2.56. The zero-order valence-electron chi connectivity index (χ0n) is 11.8. The molecule has 0 bridgehead atoms. The normalized spacial score (nSPS) is 12.5. The van der Waals surface area contributed by atoms with Gasteiger partial charge in [-0.15, -0.1) is 0 Å². The van der Waals surface area contributed by atoms with E-state index in [1.54, 1.807) is 0 Å². The third-order valence-corrected chi connectivity index (χ3v) is 4.05. The van der Waals surface area contributed by atoms with E-state index < -0.39 is 6.10 Å². The first-order chi connectivity index (χ1) is 8.91. The first-order valence-electron chi connectivity index (χ1n) is 6.42. The number of aryl methyl sites for hydroxylation is 4. The molecule has 1 atom stereocenters. The smallest absolute Gasteiger partial charge is 0.106 e. The van der Waals surface area contributed by atoms with Gasteiger partial charge in [-0.05, 0) is 61.6 Å². The highest BCUT2D eigenvalue weighted by Crippen LogP contribution is 2.33. The van der Waals surface area contributed by atoms with Crippen LogP contribution in [0.15, 0.2) is 30.3 Å².